The zero-order valence-electron chi connectivity index (χ0n) is 22.7. The molecule has 36 heavy (non-hydrogen) atoms. The van der Waals surface area contributed by atoms with Crippen LogP contribution in [0.3, 0.4) is 0 Å². The van der Waals surface area contributed by atoms with Gasteiger partial charge in [0.1, 0.15) is 0 Å². The topological polar surface area (TPSA) is 57.6 Å². The van der Waals surface area contributed by atoms with Gasteiger partial charge in [-0.25, -0.2) is 4.79 Å². The van der Waals surface area contributed by atoms with E-state index in [-0.39, 0.29) is 11.8 Å². The first-order chi connectivity index (χ1) is 17.1. The highest BCUT2D eigenvalue weighted by Crippen LogP contribution is 2.33. The van der Waals surface area contributed by atoms with Crippen molar-refractivity contribution in [2.75, 3.05) is 32.7 Å². The fourth-order valence-electron chi connectivity index (χ4n) is 5.77. The summed E-state index contributed by atoms with van der Waals surface area (Å²) in [7, 11) is 0. The molecule has 1 aliphatic heterocycles. The highest BCUT2D eigenvalue weighted by molar-refractivity contribution is 5.99. The molecule has 1 aromatic carbocycles. The molecule has 2 amide bonds. The fraction of sp³-hybridized carbons (Fsp3) is 0.533. The van der Waals surface area contributed by atoms with E-state index in [4.69, 9.17) is 0 Å². The Morgan fingerprint density at radius 3 is 2.36 bits per heavy atom. The van der Waals surface area contributed by atoms with E-state index in [1.165, 1.54) is 31.4 Å². The second kappa shape index (κ2) is 10.6. The fourth-order valence-corrected chi connectivity index (χ4v) is 5.77. The van der Waals surface area contributed by atoms with Crippen molar-refractivity contribution in [3.8, 4) is 0 Å². The van der Waals surface area contributed by atoms with E-state index in [0.717, 1.165) is 28.0 Å². The van der Waals surface area contributed by atoms with E-state index in [9.17, 15) is 9.59 Å². The van der Waals surface area contributed by atoms with Crippen molar-refractivity contribution in [3.05, 3.63) is 65.0 Å². The van der Waals surface area contributed by atoms with E-state index >= 15 is 0 Å². The van der Waals surface area contributed by atoms with Crippen molar-refractivity contribution in [2.45, 2.75) is 71.9 Å². The maximum Gasteiger partial charge on any atom is 0.318 e. The number of carbonyl (C=O) groups excluding carboxylic acids is 2. The number of aromatic nitrogens is 1. The summed E-state index contributed by atoms with van der Waals surface area (Å²) in [5.41, 5.74) is 5.80. The minimum absolute atomic E-state index is 0.0631. The van der Waals surface area contributed by atoms with Crippen LogP contribution in [0.4, 0.5) is 4.79 Å². The molecule has 1 aliphatic carbocycles. The van der Waals surface area contributed by atoms with Gasteiger partial charge in [0.2, 0.25) is 0 Å². The van der Waals surface area contributed by atoms with Crippen LogP contribution in [0.2, 0.25) is 0 Å². The molecule has 2 fully saturated rings. The first-order valence-electron chi connectivity index (χ1n) is 13.3. The molecule has 1 N–H and O–H groups in total. The number of benzene rings is 1. The minimum atomic E-state index is -0.502. The van der Waals surface area contributed by atoms with Gasteiger partial charge in [0.25, 0.3) is 0 Å². The Balaban J connectivity index is 1.32. The van der Waals surface area contributed by atoms with Crippen molar-refractivity contribution in [1.29, 1.82) is 0 Å². The molecule has 2 aliphatic rings. The third kappa shape index (κ3) is 5.59. The third-order valence-corrected chi connectivity index (χ3v) is 8.00. The average molecular weight is 491 g/mol. The van der Waals surface area contributed by atoms with Gasteiger partial charge in [0.05, 0.1) is 12.1 Å². The molecule has 2 aromatic rings. The van der Waals surface area contributed by atoms with Crippen LogP contribution in [0, 0.1) is 13.8 Å². The Morgan fingerprint density at radius 2 is 1.72 bits per heavy atom. The van der Waals surface area contributed by atoms with Gasteiger partial charge in [-0.3, -0.25) is 9.69 Å². The van der Waals surface area contributed by atoms with Crippen LogP contribution < -0.4 is 5.32 Å². The maximum absolute atomic E-state index is 13.2. The van der Waals surface area contributed by atoms with E-state index in [0.29, 0.717) is 38.8 Å². The molecule has 6 heteroatoms. The highest BCUT2D eigenvalue weighted by Gasteiger charge is 2.29. The molecule has 0 unspecified atom stereocenters. The summed E-state index contributed by atoms with van der Waals surface area (Å²) in [6.45, 7) is 17.3. The Bertz CT molecular complexity index is 1130. The number of aryl methyl sites for hydroxylation is 1. The Hall–Kier alpha value is -2.86. The van der Waals surface area contributed by atoms with Crippen molar-refractivity contribution in [3.63, 3.8) is 0 Å². The number of allylic oxidation sites excluding steroid dienone is 1. The summed E-state index contributed by atoms with van der Waals surface area (Å²) in [6, 6.07) is 10.7. The summed E-state index contributed by atoms with van der Waals surface area (Å²) in [5.74, 6) is 0.184. The normalized spacial score (nSPS) is 17.4. The molecule has 1 saturated carbocycles. The number of amides is 2. The molecule has 4 rings (SSSR count). The van der Waals surface area contributed by atoms with Crippen LogP contribution in [-0.2, 0) is 5.54 Å². The lowest BCUT2D eigenvalue weighted by atomic mass is 9.92. The zero-order chi connectivity index (χ0) is 26.0. The first kappa shape index (κ1) is 26.2. The second-order valence-corrected chi connectivity index (χ2v) is 11.2. The summed E-state index contributed by atoms with van der Waals surface area (Å²) >= 11 is 0. The number of nitrogens with zero attached hydrogens (tertiary/aromatic N) is 3. The van der Waals surface area contributed by atoms with Crippen LogP contribution in [0.15, 0.2) is 36.9 Å². The maximum atomic E-state index is 13.2. The van der Waals surface area contributed by atoms with Gasteiger partial charge >= 0.3 is 6.03 Å². The number of rotatable bonds is 7. The predicted molar refractivity (Wildman–Crippen MR) is 146 cm³/mol. The smallest absolute Gasteiger partial charge is 0.318 e. The van der Waals surface area contributed by atoms with Crippen LogP contribution >= 0.6 is 0 Å². The Labute approximate surface area is 216 Å². The molecule has 0 bridgehead atoms. The molecule has 6 nitrogen and oxygen atoms in total. The quantitative estimate of drug-likeness (QED) is 0.507. The highest BCUT2D eigenvalue weighted by atomic mass is 16.2. The van der Waals surface area contributed by atoms with E-state index < -0.39 is 5.54 Å². The van der Waals surface area contributed by atoms with Gasteiger partial charge in [0, 0.05) is 49.2 Å². The summed E-state index contributed by atoms with van der Waals surface area (Å²) < 4.78 is 2.39. The summed E-state index contributed by atoms with van der Waals surface area (Å²) in [5, 5.41) is 3.20. The van der Waals surface area contributed by atoms with Crippen molar-refractivity contribution in [1.82, 2.24) is 19.7 Å². The molecule has 2 heterocycles. The summed E-state index contributed by atoms with van der Waals surface area (Å²) in [6.07, 6.45) is 4.98. The minimum Gasteiger partial charge on any atom is -0.345 e. The van der Waals surface area contributed by atoms with E-state index in [1.807, 2.05) is 43.9 Å². The van der Waals surface area contributed by atoms with Gasteiger partial charge in [-0.1, -0.05) is 43.2 Å². The number of Topliss-reactive ketones (excluding diaryl/α,β-unsaturated/α-hetero) is 1. The SMILES string of the molecule is C=C(C)c1cccc(C(C)(C)NC(=O)N2CCN(CC(=O)c3cc(C)n(C4CCCC4)c3C)CC2)c1. The van der Waals surface area contributed by atoms with E-state index in [2.05, 4.69) is 47.3 Å². The molecule has 0 radical (unpaired) electrons. The molecule has 0 spiro atoms. The van der Waals surface area contributed by atoms with Crippen molar-refractivity contribution >= 4 is 17.4 Å². The largest absolute Gasteiger partial charge is 0.345 e. The van der Waals surface area contributed by atoms with Crippen LogP contribution in [0.1, 0.15) is 85.4 Å². The van der Waals surface area contributed by atoms with Crippen LogP contribution in [0.5, 0.6) is 0 Å². The summed E-state index contributed by atoms with van der Waals surface area (Å²) in [4.78, 5) is 30.3. The Kier molecular flexibility index (Phi) is 7.74. The van der Waals surface area contributed by atoms with Gasteiger partial charge in [-0.15, -0.1) is 0 Å². The molecular weight excluding hydrogens is 448 g/mol. The van der Waals surface area contributed by atoms with Gasteiger partial charge in [-0.2, -0.15) is 0 Å². The molecule has 194 valence electrons. The van der Waals surface area contributed by atoms with Crippen LogP contribution in [-0.4, -0.2) is 58.9 Å². The number of ketones is 1. The predicted octanol–water partition coefficient (Wildman–Crippen LogP) is 5.70. The van der Waals surface area contributed by atoms with Crippen LogP contribution in [0.25, 0.3) is 5.57 Å². The lowest BCUT2D eigenvalue weighted by Gasteiger charge is -2.37. The molecule has 1 saturated heterocycles. The van der Waals surface area contributed by atoms with Gasteiger partial charge < -0.3 is 14.8 Å². The first-order valence-corrected chi connectivity index (χ1v) is 13.3. The number of piperazine rings is 1. The number of hydrogen-bond donors (Lipinski definition) is 1. The zero-order valence-corrected chi connectivity index (χ0v) is 22.7. The third-order valence-electron chi connectivity index (χ3n) is 8.00. The molecule has 1 aromatic heterocycles. The van der Waals surface area contributed by atoms with Gasteiger partial charge in [-0.05, 0) is 70.7 Å². The second-order valence-electron chi connectivity index (χ2n) is 11.2. The van der Waals surface area contributed by atoms with Crippen molar-refractivity contribution in [2.24, 2.45) is 0 Å². The monoisotopic (exact) mass is 490 g/mol. The molecule has 0 atom stereocenters. The lowest BCUT2D eigenvalue weighted by Crippen LogP contribution is -2.55. The van der Waals surface area contributed by atoms with Crippen molar-refractivity contribution < 1.29 is 9.59 Å². The molecular formula is C30H42N4O2. The number of carbonyl (C=O) groups is 2. The van der Waals surface area contributed by atoms with Gasteiger partial charge in [0.15, 0.2) is 5.78 Å². The van der Waals surface area contributed by atoms with E-state index in [1.54, 1.807) is 0 Å². The standard InChI is InChI=1S/C30H42N4O2/c1-21(2)24-10-9-11-25(19-24)30(5,6)31-29(36)33-16-14-32(15-17-33)20-28(35)27-18-22(3)34(23(27)4)26-12-7-8-13-26/h9-11,18-19,26H,1,7-8,12-17,20H2,2-6H3,(H,31,36). The Morgan fingerprint density at radius 1 is 1.06 bits per heavy atom. The lowest BCUT2D eigenvalue weighted by molar-refractivity contribution is 0.0874. The average Bonchev–Trinajstić information content (AvgIpc) is 3.46. The number of urea groups is 1. The number of hydrogen-bond acceptors (Lipinski definition) is 3. The number of nitrogens with one attached hydrogen (secondary N) is 1.